The van der Waals surface area contributed by atoms with E-state index in [0.717, 1.165) is 25.8 Å². The summed E-state index contributed by atoms with van der Waals surface area (Å²) in [6.07, 6.45) is 3.29. The van der Waals surface area contributed by atoms with Gasteiger partial charge in [0, 0.05) is 17.5 Å². The second-order valence-corrected chi connectivity index (χ2v) is 5.32. The fourth-order valence-corrected chi connectivity index (χ4v) is 2.22. The Balaban J connectivity index is 1.62. The molecule has 4 heteroatoms. The molecular weight excluding hydrogens is 220 g/mol. The molecule has 1 aliphatic rings. The second kappa shape index (κ2) is 5.46. The molecule has 1 saturated carbocycles. The minimum atomic E-state index is -0.0828. The molecule has 2 N–H and O–H groups in total. The van der Waals surface area contributed by atoms with Crippen LogP contribution in [0, 0.1) is 0 Å². The summed E-state index contributed by atoms with van der Waals surface area (Å²) < 4.78 is 0. The zero-order valence-electron chi connectivity index (χ0n) is 9.53. The number of nitrogens with one attached hydrogen (secondary N) is 2. The van der Waals surface area contributed by atoms with E-state index in [-0.39, 0.29) is 11.9 Å². The number of amides is 1. The third kappa shape index (κ3) is 3.61. The van der Waals surface area contributed by atoms with Crippen molar-refractivity contribution in [1.82, 2.24) is 10.6 Å². The monoisotopic (exact) mass is 238 g/mol. The molecule has 0 bridgehead atoms. The first-order valence-corrected chi connectivity index (χ1v) is 6.70. The van der Waals surface area contributed by atoms with Gasteiger partial charge in [-0.05, 0) is 37.6 Å². The lowest BCUT2D eigenvalue weighted by molar-refractivity contribution is -0.122. The molecule has 1 unspecified atom stereocenters. The van der Waals surface area contributed by atoms with Crippen LogP contribution in [0.3, 0.4) is 0 Å². The number of hydrogen-bond acceptors (Lipinski definition) is 3. The van der Waals surface area contributed by atoms with E-state index in [0.29, 0.717) is 6.04 Å². The Morgan fingerprint density at radius 1 is 1.62 bits per heavy atom. The molecule has 3 nitrogen and oxygen atoms in total. The summed E-state index contributed by atoms with van der Waals surface area (Å²) in [5.74, 6) is 0.133. The molecule has 1 aromatic rings. The van der Waals surface area contributed by atoms with Gasteiger partial charge in [-0.25, -0.2) is 0 Å². The molecule has 1 fully saturated rings. The Morgan fingerprint density at radius 3 is 3.06 bits per heavy atom. The molecule has 88 valence electrons. The molecule has 0 radical (unpaired) electrons. The van der Waals surface area contributed by atoms with Gasteiger partial charge in [-0.1, -0.05) is 6.07 Å². The van der Waals surface area contributed by atoms with Gasteiger partial charge in [0.1, 0.15) is 0 Å². The maximum Gasteiger partial charge on any atom is 0.237 e. The minimum absolute atomic E-state index is 0.0828. The van der Waals surface area contributed by atoms with Crippen LogP contribution in [0.2, 0.25) is 0 Å². The molecule has 16 heavy (non-hydrogen) atoms. The number of carbonyl (C=O) groups is 1. The molecule has 1 aliphatic carbocycles. The molecule has 1 aromatic heterocycles. The highest BCUT2D eigenvalue weighted by molar-refractivity contribution is 7.09. The SMILES string of the molecule is CC(NCCc1cccs1)C(=O)NC1CC1. The van der Waals surface area contributed by atoms with Crippen molar-refractivity contribution in [3.8, 4) is 0 Å². The van der Waals surface area contributed by atoms with Crippen molar-refractivity contribution in [3.05, 3.63) is 22.4 Å². The van der Waals surface area contributed by atoms with Gasteiger partial charge in [0.25, 0.3) is 0 Å². The molecule has 1 atom stereocenters. The van der Waals surface area contributed by atoms with Crippen molar-refractivity contribution in [2.75, 3.05) is 6.54 Å². The van der Waals surface area contributed by atoms with Gasteiger partial charge in [0.05, 0.1) is 6.04 Å². The van der Waals surface area contributed by atoms with E-state index < -0.39 is 0 Å². The Morgan fingerprint density at radius 2 is 2.44 bits per heavy atom. The van der Waals surface area contributed by atoms with Crippen LogP contribution in [0.15, 0.2) is 17.5 Å². The largest absolute Gasteiger partial charge is 0.352 e. The van der Waals surface area contributed by atoms with Crippen LogP contribution >= 0.6 is 11.3 Å². The number of rotatable bonds is 6. The number of hydrogen-bond donors (Lipinski definition) is 2. The zero-order valence-corrected chi connectivity index (χ0v) is 10.3. The predicted octanol–water partition coefficient (Wildman–Crippen LogP) is 1.55. The van der Waals surface area contributed by atoms with E-state index in [9.17, 15) is 4.79 Å². The van der Waals surface area contributed by atoms with Crippen LogP contribution in [0.4, 0.5) is 0 Å². The van der Waals surface area contributed by atoms with Crippen LogP contribution in [0.25, 0.3) is 0 Å². The minimum Gasteiger partial charge on any atom is -0.352 e. The van der Waals surface area contributed by atoms with E-state index in [4.69, 9.17) is 0 Å². The van der Waals surface area contributed by atoms with Crippen LogP contribution in [0.5, 0.6) is 0 Å². The Labute approximate surface area is 100 Å². The summed E-state index contributed by atoms with van der Waals surface area (Å²) in [5.41, 5.74) is 0. The lowest BCUT2D eigenvalue weighted by atomic mass is 10.3. The summed E-state index contributed by atoms with van der Waals surface area (Å²) in [4.78, 5) is 13.0. The van der Waals surface area contributed by atoms with Gasteiger partial charge in [-0.3, -0.25) is 4.79 Å². The lowest BCUT2D eigenvalue weighted by Crippen LogP contribution is -2.43. The highest BCUT2D eigenvalue weighted by atomic mass is 32.1. The number of thiophene rings is 1. The maximum atomic E-state index is 11.6. The smallest absolute Gasteiger partial charge is 0.237 e. The van der Waals surface area contributed by atoms with Gasteiger partial charge >= 0.3 is 0 Å². The second-order valence-electron chi connectivity index (χ2n) is 4.29. The number of carbonyl (C=O) groups excluding carboxylic acids is 1. The Hall–Kier alpha value is -0.870. The quantitative estimate of drug-likeness (QED) is 0.789. The summed E-state index contributed by atoms with van der Waals surface area (Å²) in [6.45, 7) is 2.78. The van der Waals surface area contributed by atoms with Crippen LogP contribution in [-0.2, 0) is 11.2 Å². The van der Waals surface area contributed by atoms with E-state index >= 15 is 0 Å². The highest BCUT2D eigenvalue weighted by Crippen LogP contribution is 2.18. The van der Waals surface area contributed by atoms with E-state index in [2.05, 4.69) is 28.1 Å². The fraction of sp³-hybridized carbons (Fsp3) is 0.583. The molecule has 0 saturated heterocycles. The molecule has 0 aliphatic heterocycles. The highest BCUT2D eigenvalue weighted by Gasteiger charge is 2.25. The van der Waals surface area contributed by atoms with Crippen molar-refractivity contribution >= 4 is 17.2 Å². The summed E-state index contributed by atoms with van der Waals surface area (Å²) in [5, 5.41) is 8.33. The van der Waals surface area contributed by atoms with Crippen molar-refractivity contribution in [2.45, 2.75) is 38.3 Å². The van der Waals surface area contributed by atoms with Gasteiger partial charge in [-0.15, -0.1) is 11.3 Å². The van der Waals surface area contributed by atoms with E-state index in [1.165, 1.54) is 4.88 Å². The fourth-order valence-electron chi connectivity index (χ4n) is 1.51. The van der Waals surface area contributed by atoms with Crippen LogP contribution in [0.1, 0.15) is 24.6 Å². The van der Waals surface area contributed by atoms with Crippen LogP contribution in [-0.4, -0.2) is 24.5 Å². The van der Waals surface area contributed by atoms with Gasteiger partial charge in [0.2, 0.25) is 5.91 Å². The average molecular weight is 238 g/mol. The average Bonchev–Trinajstić information content (AvgIpc) is 2.93. The van der Waals surface area contributed by atoms with Crippen molar-refractivity contribution in [1.29, 1.82) is 0 Å². The summed E-state index contributed by atoms with van der Waals surface area (Å²) in [6, 6.07) is 4.56. The zero-order chi connectivity index (χ0) is 11.4. The molecular formula is C12H18N2OS. The van der Waals surface area contributed by atoms with Gasteiger partial charge in [0.15, 0.2) is 0 Å². The standard InChI is InChI=1S/C12H18N2OS/c1-9(12(15)14-10-4-5-10)13-7-6-11-3-2-8-16-11/h2-3,8-10,13H,4-7H2,1H3,(H,14,15). The molecule has 2 rings (SSSR count). The maximum absolute atomic E-state index is 11.6. The first kappa shape index (κ1) is 11.6. The molecule has 1 heterocycles. The van der Waals surface area contributed by atoms with Crippen LogP contribution < -0.4 is 10.6 Å². The van der Waals surface area contributed by atoms with Crippen molar-refractivity contribution in [2.24, 2.45) is 0 Å². The predicted molar refractivity (Wildman–Crippen MR) is 66.7 cm³/mol. The Bertz CT molecular complexity index is 333. The first-order chi connectivity index (χ1) is 7.75. The third-order valence-corrected chi connectivity index (χ3v) is 3.66. The summed E-state index contributed by atoms with van der Waals surface area (Å²) >= 11 is 1.76. The molecule has 0 aromatic carbocycles. The normalized spacial score (nSPS) is 17.1. The van der Waals surface area contributed by atoms with E-state index in [1.807, 2.05) is 6.92 Å². The Kier molecular flexibility index (Phi) is 3.96. The molecule has 0 spiro atoms. The van der Waals surface area contributed by atoms with Gasteiger partial charge in [-0.2, -0.15) is 0 Å². The van der Waals surface area contributed by atoms with Crippen molar-refractivity contribution < 1.29 is 4.79 Å². The topological polar surface area (TPSA) is 41.1 Å². The summed E-state index contributed by atoms with van der Waals surface area (Å²) in [7, 11) is 0. The first-order valence-electron chi connectivity index (χ1n) is 5.82. The van der Waals surface area contributed by atoms with Gasteiger partial charge < -0.3 is 10.6 Å². The lowest BCUT2D eigenvalue weighted by Gasteiger charge is -2.13. The van der Waals surface area contributed by atoms with E-state index in [1.54, 1.807) is 11.3 Å². The third-order valence-electron chi connectivity index (χ3n) is 2.72. The van der Waals surface area contributed by atoms with Crippen molar-refractivity contribution in [3.63, 3.8) is 0 Å². The molecule has 1 amide bonds.